The highest BCUT2D eigenvalue weighted by molar-refractivity contribution is 6.15. The number of benzene rings is 9. The fourth-order valence-corrected chi connectivity index (χ4v) is 9.53. The quantitative estimate of drug-likeness (QED) is 0.168. The van der Waals surface area contributed by atoms with Crippen molar-refractivity contribution in [1.82, 2.24) is 24.1 Å². The minimum atomic E-state index is 0.526. The molecule has 0 saturated carbocycles. The Hall–Kier alpha value is -8.61. The molecule has 0 N–H and O–H groups in total. The van der Waals surface area contributed by atoms with Crippen LogP contribution in [0.2, 0.25) is 0 Å². The maximum atomic E-state index is 7.10. The summed E-state index contributed by atoms with van der Waals surface area (Å²) in [6.45, 7) is 0. The molecule has 0 amide bonds. The van der Waals surface area contributed by atoms with E-state index >= 15 is 0 Å². The van der Waals surface area contributed by atoms with E-state index in [1.54, 1.807) is 0 Å². The average molecular weight is 806 g/mol. The van der Waals surface area contributed by atoms with E-state index in [4.69, 9.17) is 19.4 Å². The summed E-state index contributed by atoms with van der Waals surface area (Å²) < 4.78 is 11.8. The second-order valence-corrected chi connectivity index (χ2v) is 16.0. The van der Waals surface area contributed by atoms with Crippen molar-refractivity contribution < 1.29 is 4.42 Å². The predicted octanol–water partition coefficient (Wildman–Crippen LogP) is 14.6. The zero-order chi connectivity index (χ0) is 41.4. The molecular weight excluding hydrogens is 771 g/mol. The third kappa shape index (κ3) is 5.55. The molecule has 6 heteroatoms. The standard InChI is InChI=1S/C57H35N5O/c1-4-17-36(18-5-1)41-26-16-27-45-47-34-40(62-49-28-13-10-23-42(49)43-24-11-14-29-50(43)62)35-48(54(47)63-53(41)45)57-59-55(37-19-6-2-7-20-37)58-56(60-57)38-31-32-52-46(33-38)44-25-12-15-30-51(44)61(52)39-21-8-3-9-22-39/h1-35H. The van der Waals surface area contributed by atoms with E-state index in [-0.39, 0.29) is 0 Å². The van der Waals surface area contributed by atoms with Gasteiger partial charge in [0.1, 0.15) is 11.2 Å². The molecule has 0 aliphatic rings. The van der Waals surface area contributed by atoms with Gasteiger partial charge in [-0.2, -0.15) is 0 Å². The molecule has 4 heterocycles. The molecule has 0 bridgehead atoms. The number of fused-ring (bicyclic) bond motifs is 9. The van der Waals surface area contributed by atoms with Crippen molar-refractivity contribution in [2.24, 2.45) is 0 Å². The largest absolute Gasteiger partial charge is 0.455 e. The highest BCUT2D eigenvalue weighted by Crippen LogP contribution is 2.43. The number of hydrogen-bond acceptors (Lipinski definition) is 4. The summed E-state index contributed by atoms with van der Waals surface area (Å²) in [5.74, 6) is 1.69. The molecule has 0 atom stereocenters. The van der Waals surface area contributed by atoms with E-state index in [9.17, 15) is 0 Å². The smallest absolute Gasteiger partial charge is 0.167 e. The topological polar surface area (TPSA) is 61.7 Å². The summed E-state index contributed by atoms with van der Waals surface area (Å²) >= 11 is 0. The minimum absolute atomic E-state index is 0.526. The zero-order valence-electron chi connectivity index (χ0n) is 33.9. The molecule has 9 aromatic carbocycles. The van der Waals surface area contributed by atoms with Crippen LogP contribution < -0.4 is 0 Å². The summed E-state index contributed by atoms with van der Waals surface area (Å²) in [7, 11) is 0. The van der Waals surface area contributed by atoms with Crippen molar-refractivity contribution in [3.8, 4) is 56.7 Å². The van der Waals surface area contributed by atoms with Gasteiger partial charge in [0.15, 0.2) is 17.5 Å². The molecule has 0 saturated heterocycles. The first-order chi connectivity index (χ1) is 31.2. The molecule has 0 unspecified atom stereocenters. The maximum Gasteiger partial charge on any atom is 0.167 e. The van der Waals surface area contributed by atoms with Gasteiger partial charge in [-0.15, -0.1) is 0 Å². The molecule has 4 aromatic heterocycles. The number of hydrogen-bond donors (Lipinski definition) is 0. The summed E-state index contributed by atoms with van der Waals surface area (Å²) in [5.41, 5.74) is 12.8. The number of nitrogens with zero attached hydrogens (tertiary/aromatic N) is 5. The molecule has 63 heavy (non-hydrogen) atoms. The van der Waals surface area contributed by atoms with Gasteiger partial charge in [0, 0.05) is 60.4 Å². The van der Waals surface area contributed by atoms with Gasteiger partial charge in [0.05, 0.1) is 27.6 Å². The SMILES string of the molecule is c1ccc(-c2nc(-c3ccc4c(c3)c3ccccc3n4-c3ccccc3)nc(-c3cc(-n4c5ccccc5c5ccccc54)cc4c3oc3c(-c5ccccc5)cccc34)n2)cc1. The van der Waals surface area contributed by atoms with Crippen LogP contribution in [0.15, 0.2) is 217 Å². The lowest BCUT2D eigenvalue weighted by Gasteiger charge is -2.13. The Bertz CT molecular complexity index is 3850. The summed E-state index contributed by atoms with van der Waals surface area (Å²) in [4.78, 5) is 15.9. The van der Waals surface area contributed by atoms with Crippen molar-refractivity contribution in [2.45, 2.75) is 0 Å². The van der Waals surface area contributed by atoms with Crippen LogP contribution >= 0.6 is 0 Å². The van der Waals surface area contributed by atoms with Gasteiger partial charge in [0.25, 0.3) is 0 Å². The first-order valence-electron chi connectivity index (χ1n) is 21.2. The molecule has 6 nitrogen and oxygen atoms in total. The molecule has 0 radical (unpaired) electrons. The van der Waals surface area contributed by atoms with Crippen molar-refractivity contribution in [3.05, 3.63) is 212 Å². The molecule has 0 fully saturated rings. The molecule has 294 valence electrons. The van der Waals surface area contributed by atoms with Crippen LogP contribution in [-0.2, 0) is 0 Å². The number of aromatic nitrogens is 5. The van der Waals surface area contributed by atoms with Crippen LogP contribution in [0.5, 0.6) is 0 Å². The molecule has 13 aromatic rings. The Morgan fingerprint density at radius 3 is 1.44 bits per heavy atom. The van der Waals surface area contributed by atoms with Gasteiger partial charge in [-0.25, -0.2) is 15.0 Å². The third-order valence-electron chi connectivity index (χ3n) is 12.4. The van der Waals surface area contributed by atoms with Crippen LogP contribution in [0.1, 0.15) is 0 Å². The first kappa shape index (κ1) is 35.2. The Morgan fingerprint density at radius 2 is 0.778 bits per heavy atom. The van der Waals surface area contributed by atoms with Gasteiger partial charge in [-0.05, 0) is 66.2 Å². The second-order valence-electron chi connectivity index (χ2n) is 16.0. The van der Waals surface area contributed by atoms with Crippen molar-refractivity contribution in [2.75, 3.05) is 0 Å². The Labute approximate surface area is 361 Å². The van der Waals surface area contributed by atoms with E-state index in [1.165, 1.54) is 10.8 Å². The first-order valence-corrected chi connectivity index (χ1v) is 21.2. The van der Waals surface area contributed by atoms with Crippen molar-refractivity contribution in [1.29, 1.82) is 0 Å². The molecule has 0 spiro atoms. The van der Waals surface area contributed by atoms with Gasteiger partial charge in [0.2, 0.25) is 0 Å². The normalized spacial score (nSPS) is 11.8. The van der Waals surface area contributed by atoms with Crippen molar-refractivity contribution >= 4 is 65.6 Å². The van der Waals surface area contributed by atoms with Crippen LogP contribution in [-0.4, -0.2) is 24.1 Å². The number of furan rings is 1. The lowest BCUT2D eigenvalue weighted by Crippen LogP contribution is -2.01. The number of rotatable bonds is 6. The van der Waals surface area contributed by atoms with E-state index in [2.05, 4.69) is 197 Å². The Kier molecular flexibility index (Phi) is 7.80. The Balaban J connectivity index is 1.11. The van der Waals surface area contributed by atoms with Gasteiger partial charge >= 0.3 is 0 Å². The van der Waals surface area contributed by atoms with Gasteiger partial charge in [-0.3, -0.25) is 0 Å². The maximum absolute atomic E-state index is 7.10. The van der Waals surface area contributed by atoms with Crippen LogP contribution in [0, 0.1) is 0 Å². The monoisotopic (exact) mass is 805 g/mol. The summed E-state index contributed by atoms with van der Waals surface area (Å²) in [5, 5.41) is 6.67. The van der Waals surface area contributed by atoms with Gasteiger partial charge in [-0.1, -0.05) is 152 Å². The molecule has 0 aliphatic heterocycles. The average Bonchev–Trinajstić information content (AvgIpc) is 4.02. The van der Waals surface area contributed by atoms with Crippen LogP contribution in [0.25, 0.3) is 122 Å². The van der Waals surface area contributed by atoms with Crippen LogP contribution in [0.4, 0.5) is 0 Å². The minimum Gasteiger partial charge on any atom is -0.455 e. The second kappa shape index (κ2) is 14.0. The highest BCUT2D eigenvalue weighted by atomic mass is 16.3. The fraction of sp³-hybridized carbons (Fsp3) is 0. The van der Waals surface area contributed by atoms with E-state index in [0.717, 1.165) is 94.0 Å². The van der Waals surface area contributed by atoms with Crippen LogP contribution in [0.3, 0.4) is 0 Å². The van der Waals surface area contributed by atoms with E-state index in [1.807, 2.05) is 24.3 Å². The third-order valence-corrected chi connectivity index (χ3v) is 12.4. The lowest BCUT2D eigenvalue weighted by molar-refractivity contribution is 0.670. The highest BCUT2D eigenvalue weighted by Gasteiger charge is 2.23. The predicted molar refractivity (Wildman–Crippen MR) is 258 cm³/mol. The summed E-state index contributed by atoms with van der Waals surface area (Å²) in [6.07, 6.45) is 0. The van der Waals surface area contributed by atoms with E-state index in [0.29, 0.717) is 17.5 Å². The van der Waals surface area contributed by atoms with E-state index < -0.39 is 0 Å². The summed E-state index contributed by atoms with van der Waals surface area (Å²) in [6, 6.07) is 74.3. The number of para-hydroxylation sites is 5. The van der Waals surface area contributed by atoms with Gasteiger partial charge < -0.3 is 13.6 Å². The van der Waals surface area contributed by atoms with Crippen molar-refractivity contribution in [3.63, 3.8) is 0 Å². The lowest BCUT2D eigenvalue weighted by atomic mass is 10.0. The molecule has 0 aliphatic carbocycles. The fourth-order valence-electron chi connectivity index (χ4n) is 9.53. The molecule has 13 rings (SSSR count). The Morgan fingerprint density at radius 1 is 0.286 bits per heavy atom. The molecular formula is C57H35N5O. The zero-order valence-corrected chi connectivity index (χ0v) is 33.9.